The van der Waals surface area contributed by atoms with E-state index in [1.165, 1.54) is 41.2 Å². The molecule has 0 radical (unpaired) electrons. The molecule has 1 aromatic heterocycles. The molecule has 5 aromatic carbocycles. The van der Waals surface area contributed by atoms with E-state index in [-0.39, 0.29) is 39.0 Å². The summed E-state index contributed by atoms with van der Waals surface area (Å²) in [7, 11) is -4.32. The number of rotatable bonds is 11. The highest BCUT2D eigenvalue weighted by atomic mass is 127. The second-order valence-electron chi connectivity index (χ2n) is 13.6. The molecule has 0 unspecified atom stereocenters. The number of aromatic nitrogens is 2. The fourth-order valence-electron chi connectivity index (χ4n) is 6.79. The molecular formula is C42H35Cl3IN5O5S. The van der Waals surface area contributed by atoms with E-state index in [9.17, 15) is 22.8 Å². The van der Waals surface area contributed by atoms with Gasteiger partial charge in [-0.15, -0.1) is 0 Å². The molecule has 0 aliphatic carbocycles. The van der Waals surface area contributed by atoms with E-state index in [2.05, 4.69) is 32.4 Å². The van der Waals surface area contributed by atoms with Crippen LogP contribution in [0.1, 0.15) is 67.7 Å². The summed E-state index contributed by atoms with van der Waals surface area (Å²) in [5, 5.41) is 6.81. The molecule has 3 amide bonds. The third-order valence-corrected chi connectivity index (χ3v) is 12.8. The number of halogens is 4. The Morgan fingerprint density at radius 2 is 1.63 bits per heavy atom. The van der Waals surface area contributed by atoms with Gasteiger partial charge >= 0.3 is 0 Å². The Bertz CT molecular complexity index is 2670. The highest BCUT2D eigenvalue weighted by Gasteiger charge is 2.30. The Labute approximate surface area is 358 Å². The Morgan fingerprint density at radius 1 is 0.860 bits per heavy atom. The van der Waals surface area contributed by atoms with E-state index < -0.39 is 27.7 Å². The number of fused-ring (bicyclic) bond motifs is 2. The van der Waals surface area contributed by atoms with E-state index >= 15 is 0 Å². The normalized spacial score (nSPS) is 12.7. The van der Waals surface area contributed by atoms with Gasteiger partial charge in [-0.3, -0.25) is 14.4 Å². The number of benzene rings is 5. The van der Waals surface area contributed by atoms with Crippen molar-refractivity contribution in [1.29, 1.82) is 0 Å². The highest BCUT2D eigenvalue weighted by Crippen LogP contribution is 2.30. The summed E-state index contributed by atoms with van der Waals surface area (Å²) in [4.78, 5) is 46.0. The van der Waals surface area contributed by atoms with Crippen LogP contribution in [0.2, 0.25) is 15.1 Å². The standard InChI is InChI=1S/C42H35Cl3IN5O5S/c1-2-3-17-49(24-26-8-14-35(43)36(44)19-26)42(54)39-37(45)23-47-51(39)38-15-11-29(22-34(38)41(53)50-18-16-27-6-4-5-7-30(27)25-50)40(52)48-57(55,56)33-13-10-28-9-12-32(46)20-31(28)21-33/h4-15,19-23H,2-3,16-18,24-25H2,1H3,(H,48,52). The molecular weight excluding hydrogens is 920 g/mol. The first-order chi connectivity index (χ1) is 27.3. The number of amides is 3. The predicted molar refractivity (Wildman–Crippen MR) is 231 cm³/mol. The minimum atomic E-state index is -4.32. The lowest BCUT2D eigenvalue weighted by Gasteiger charge is -2.30. The van der Waals surface area contributed by atoms with E-state index in [1.54, 1.807) is 34.1 Å². The minimum Gasteiger partial charge on any atom is -0.334 e. The number of hydrogen-bond acceptors (Lipinski definition) is 6. The van der Waals surface area contributed by atoms with Gasteiger partial charge in [0.1, 0.15) is 0 Å². The summed E-state index contributed by atoms with van der Waals surface area (Å²) in [6.45, 7) is 3.29. The number of sulfonamides is 1. The number of hydrogen-bond donors (Lipinski definition) is 1. The average Bonchev–Trinajstić information content (AvgIpc) is 3.59. The number of carbonyl (C=O) groups is 3. The molecule has 0 saturated carbocycles. The fourth-order valence-corrected chi connectivity index (χ4v) is 8.84. The summed E-state index contributed by atoms with van der Waals surface area (Å²) in [5.41, 5.74) is 2.99. The molecule has 1 N–H and O–H groups in total. The molecule has 57 heavy (non-hydrogen) atoms. The second-order valence-corrected chi connectivity index (χ2v) is 17.8. The van der Waals surface area contributed by atoms with Crippen molar-refractivity contribution in [2.24, 2.45) is 0 Å². The van der Waals surface area contributed by atoms with Crippen molar-refractivity contribution in [3.05, 3.63) is 155 Å². The number of nitrogens with zero attached hydrogens (tertiary/aromatic N) is 4. The summed E-state index contributed by atoms with van der Waals surface area (Å²) >= 11 is 21.3. The lowest BCUT2D eigenvalue weighted by molar-refractivity contribution is 0.0720. The molecule has 7 rings (SSSR count). The van der Waals surface area contributed by atoms with Crippen LogP contribution < -0.4 is 4.72 Å². The zero-order chi connectivity index (χ0) is 40.4. The van der Waals surface area contributed by atoms with Crippen LogP contribution in [0.25, 0.3) is 16.5 Å². The Kier molecular flexibility index (Phi) is 12.3. The molecule has 2 heterocycles. The van der Waals surface area contributed by atoms with Gasteiger partial charge in [0, 0.05) is 35.3 Å². The molecule has 1 aliphatic heterocycles. The summed E-state index contributed by atoms with van der Waals surface area (Å²) in [6.07, 6.45) is 3.45. The van der Waals surface area contributed by atoms with Crippen molar-refractivity contribution in [2.75, 3.05) is 13.1 Å². The molecule has 0 fully saturated rings. The maximum Gasteiger partial charge on any atom is 0.274 e. The van der Waals surface area contributed by atoms with Gasteiger partial charge in [0.25, 0.3) is 27.7 Å². The van der Waals surface area contributed by atoms with Gasteiger partial charge < -0.3 is 9.80 Å². The molecule has 292 valence electrons. The third-order valence-electron chi connectivity index (χ3n) is 9.80. The van der Waals surface area contributed by atoms with Crippen molar-refractivity contribution in [1.82, 2.24) is 24.3 Å². The minimum absolute atomic E-state index is 0.0108. The molecule has 0 saturated heterocycles. The Hall–Kier alpha value is -4.47. The number of nitrogens with one attached hydrogen (secondary N) is 1. The monoisotopic (exact) mass is 953 g/mol. The van der Waals surface area contributed by atoms with E-state index in [0.29, 0.717) is 47.9 Å². The molecule has 0 bridgehead atoms. The van der Waals surface area contributed by atoms with Crippen LogP contribution in [0.15, 0.2) is 108 Å². The van der Waals surface area contributed by atoms with Gasteiger partial charge in [-0.05, 0) is 117 Å². The fraction of sp³-hybridized carbons (Fsp3) is 0.190. The molecule has 0 atom stereocenters. The quantitative estimate of drug-likeness (QED) is 0.129. The highest BCUT2D eigenvalue weighted by molar-refractivity contribution is 14.1. The van der Waals surface area contributed by atoms with Crippen LogP contribution >= 0.6 is 57.4 Å². The zero-order valence-electron chi connectivity index (χ0n) is 30.5. The lowest BCUT2D eigenvalue weighted by atomic mass is 9.98. The predicted octanol–water partition coefficient (Wildman–Crippen LogP) is 9.35. The summed E-state index contributed by atoms with van der Waals surface area (Å²) in [6, 6.07) is 27.5. The van der Waals surface area contributed by atoms with Gasteiger partial charge in [-0.2, -0.15) is 5.10 Å². The summed E-state index contributed by atoms with van der Waals surface area (Å²) in [5.74, 6) is -1.82. The lowest BCUT2D eigenvalue weighted by Crippen LogP contribution is -2.37. The van der Waals surface area contributed by atoms with Crippen molar-refractivity contribution >= 4 is 95.9 Å². The van der Waals surface area contributed by atoms with E-state index in [0.717, 1.165) is 32.1 Å². The van der Waals surface area contributed by atoms with Crippen molar-refractivity contribution < 1.29 is 22.8 Å². The van der Waals surface area contributed by atoms with Crippen LogP contribution in [0.4, 0.5) is 0 Å². The zero-order valence-corrected chi connectivity index (χ0v) is 35.8. The molecule has 0 spiro atoms. The first kappa shape index (κ1) is 40.7. The van der Waals surface area contributed by atoms with Crippen LogP contribution in [0.5, 0.6) is 0 Å². The topological polar surface area (TPSA) is 122 Å². The summed E-state index contributed by atoms with van der Waals surface area (Å²) < 4.78 is 31.5. The van der Waals surface area contributed by atoms with Crippen molar-refractivity contribution in [3.63, 3.8) is 0 Å². The SMILES string of the molecule is CCCCN(Cc1ccc(Cl)c(Cl)c1)C(=O)c1c(Cl)cnn1-c1ccc(C(=O)NS(=O)(=O)c2ccc3ccc(I)cc3c2)cc1C(=O)N1CCc2ccccc2C1. The number of unbranched alkanes of at least 4 members (excludes halogenated alkanes) is 1. The van der Waals surface area contributed by atoms with E-state index in [1.807, 2.05) is 49.4 Å². The van der Waals surface area contributed by atoms with Crippen LogP contribution in [0.3, 0.4) is 0 Å². The van der Waals surface area contributed by atoms with Gasteiger partial charge in [0.05, 0.1) is 37.4 Å². The van der Waals surface area contributed by atoms with Crippen molar-refractivity contribution in [3.8, 4) is 5.69 Å². The van der Waals surface area contributed by atoms with Gasteiger partial charge in [-0.25, -0.2) is 17.8 Å². The maximum atomic E-state index is 14.6. The third kappa shape index (κ3) is 8.85. The first-order valence-corrected chi connectivity index (χ1v) is 21.8. The van der Waals surface area contributed by atoms with Gasteiger partial charge in [0.15, 0.2) is 5.69 Å². The molecule has 6 aromatic rings. The van der Waals surface area contributed by atoms with Gasteiger partial charge in [-0.1, -0.05) is 90.6 Å². The Morgan fingerprint density at radius 3 is 2.40 bits per heavy atom. The van der Waals surface area contributed by atoms with Crippen LogP contribution in [-0.2, 0) is 29.5 Å². The van der Waals surface area contributed by atoms with Crippen LogP contribution in [0, 0.1) is 3.57 Å². The average molecular weight is 955 g/mol. The van der Waals surface area contributed by atoms with Crippen LogP contribution in [-0.4, -0.2) is 58.8 Å². The molecule has 15 heteroatoms. The smallest absolute Gasteiger partial charge is 0.274 e. The number of carbonyl (C=O) groups excluding carboxylic acids is 3. The first-order valence-electron chi connectivity index (χ1n) is 18.1. The molecule has 10 nitrogen and oxygen atoms in total. The largest absolute Gasteiger partial charge is 0.334 e. The molecule has 1 aliphatic rings. The Balaban J connectivity index is 1.27. The second kappa shape index (κ2) is 17.2. The maximum absolute atomic E-state index is 14.6. The van der Waals surface area contributed by atoms with Crippen molar-refractivity contribution in [2.45, 2.75) is 44.2 Å². The van der Waals surface area contributed by atoms with Gasteiger partial charge in [0.2, 0.25) is 0 Å². The van der Waals surface area contributed by atoms with E-state index in [4.69, 9.17) is 34.8 Å².